The molecule has 33 heavy (non-hydrogen) atoms. The molecule has 6 nitrogen and oxygen atoms in total. The van der Waals surface area contributed by atoms with Gasteiger partial charge in [-0.1, -0.05) is 41.5 Å². The first-order valence-electron chi connectivity index (χ1n) is 11.1. The molecule has 4 N–H and O–H groups in total. The van der Waals surface area contributed by atoms with Crippen LogP contribution in [0.2, 0.25) is 0 Å². The van der Waals surface area contributed by atoms with Gasteiger partial charge in [-0.15, -0.1) is 0 Å². The van der Waals surface area contributed by atoms with Crippen LogP contribution in [0.4, 0.5) is 0 Å². The minimum Gasteiger partial charge on any atom is -0.508 e. The monoisotopic (exact) mass is 456 g/mol. The average Bonchev–Trinajstić information content (AvgIpc) is 2.72. The van der Waals surface area contributed by atoms with Crippen molar-refractivity contribution >= 4 is 11.9 Å². The highest BCUT2D eigenvalue weighted by Gasteiger charge is 2.15. The number of benzene rings is 1. The molecule has 0 bridgehead atoms. The van der Waals surface area contributed by atoms with E-state index in [9.17, 15) is 19.8 Å². The van der Waals surface area contributed by atoms with Gasteiger partial charge in [0.1, 0.15) is 5.75 Å². The maximum atomic E-state index is 11.1. The van der Waals surface area contributed by atoms with Crippen LogP contribution in [0.1, 0.15) is 75.7 Å². The van der Waals surface area contributed by atoms with Gasteiger partial charge in [0.15, 0.2) is 0 Å². The molecule has 0 aliphatic heterocycles. The molecule has 0 heterocycles. The van der Waals surface area contributed by atoms with Gasteiger partial charge in [-0.25, -0.2) is 9.59 Å². The van der Waals surface area contributed by atoms with Gasteiger partial charge >= 0.3 is 11.9 Å². The van der Waals surface area contributed by atoms with Gasteiger partial charge in [0, 0.05) is 5.57 Å². The molecule has 1 rings (SSSR count). The zero-order chi connectivity index (χ0) is 25.0. The predicted octanol–water partition coefficient (Wildman–Crippen LogP) is 5.81. The number of aliphatic carboxylic acids is 1. The van der Waals surface area contributed by atoms with E-state index in [4.69, 9.17) is 10.2 Å². The molecule has 0 amide bonds. The summed E-state index contributed by atoms with van der Waals surface area (Å²) in [6.45, 7) is 7.30. The number of carboxylic acid groups (broad SMARTS) is 2. The molecule has 0 spiro atoms. The Morgan fingerprint density at radius 2 is 1.70 bits per heavy atom. The first-order chi connectivity index (χ1) is 15.4. The van der Waals surface area contributed by atoms with Gasteiger partial charge < -0.3 is 20.4 Å². The van der Waals surface area contributed by atoms with E-state index in [-0.39, 0.29) is 16.9 Å². The SMILES string of the molecule is C/C(=C\CC/C(C)=C/Cc1cc(C(=O)O)ccc1O)C/C=C/C(C)(O)CC/C=C(\C)C(=O)O. The number of phenols is 1. The molecule has 1 atom stereocenters. The predicted molar refractivity (Wildman–Crippen MR) is 131 cm³/mol. The van der Waals surface area contributed by atoms with Crippen LogP contribution in [-0.4, -0.2) is 38.0 Å². The van der Waals surface area contributed by atoms with Crippen molar-refractivity contribution in [1.82, 2.24) is 0 Å². The molecule has 0 saturated heterocycles. The summed E-state index contributed by atoms with van der Waals surface area (Å²) in [5.74, 6) is -1.87. The van der Waals surface area contributed by atoms with Gasteiger partial charge in [-0.2, -0.15) is 0 Å². The molecule has 1 unspecified atom stereocenters. The maximum absolute atomic E-state index is 11.1. The van der Waals surface area contributed by atoms with Crippen molar-refractivity contribution in [3.63, 3.8) is 0 Å². The summed E-state index contributed by atoms with van der Waals surface area (Å²) >= 11 is 0. The number of rotatable bonds is 13. The fourth-order valence-electron chi connectivity index (χ4n) is 3.15. The first kappa shape index (κ1) is 27.9. The van der Waals surface area contributed by atoms with Crippen molar-refractivity contribution in [3.8, 4) is 5.75 Å². The highest BCUT2D eigenvalue weighted by Crippen LogP contribution is 2.21. The number of allylic oxidation sites excluding steroid dienone is 6. The van der Waals surface area contributed by atoms with Crippen molar-refractivity contribution in [1.29, 1.82) is 0 Å². The smallest absolute Gasteiger partial charge is 0.335 e. The minimum atomic E-state index is -1.02. The molecular formula is C27H36O6. The summed E-state index contributed by atoms with van der Waals surface area (Å²) < 4.78 is 0. The van der Waals surface area contributed by atoms with Crippen LogP contribution in [0.3, 0.4) is 0 Å². The second kappa shape index (κ2) is 13.4. The highest BCUT2D eigenvalue weighted by atomic mass is 16.4. The van der Waals surface area contributed by atoms with E-state index in [1.165, 1.54) is 23.8 Å². The first-order valence-corrected chi connectivity index (χ1v) is 11.1. The fraction of sp³-hybridized carbons (Fsp3) is 0.407. The Bertz CT molecular complexity index is 947. The van der Waals surface area contributed by atoms with E-state index < -0.39 is 17.5 Å². The molecular weight excluding hydrogens is 420 g/mol. The van der Waals surface area contributed by atoms with Crippen LogP contribution in [0.5, 0.6) is 5.75 Å². The van der Waals surface area contributed by atoms with E-state index in [1.807, 2.05) is 26.0 Å². The second-order valence-corrected chi connectivity index (χ2v) is 8.69. The average molecular weight is 457 g/mol. The Morgan fingerprint density at radius 3 is 2.33 bits per heavy atom. The van der Waals surface area contributed by atoms with Crippen LogP contribution in [-0.2, 0) is 11.2 Å². The van der Waals surface area contributed by atoms with Crippen molar-refractivity contribution < 1.29 is 30.0 Å². The number of hydrogen-bond acceptors (Lipinski definition) is 4. The van der Waals surface area contributed by atoms with Crippen LogP contribution >= 0.6 is 0 Å². The normalized spacial score (nSPS) is 15.0. The van der Waals surface area contributed by atoms with Gasteiger partial charge in [-0.05, 0) is 90.0 Å². The lowest BCUT2D eigenvalue weighted by Gasteiger charge is -2.17. The molecule has 0 fully saturated rings. The third-order valence-electron chi connectivity index (χ3n) is 5.38. The quantitative estimate of drug-likeness (QED) is 0.220. The lowest BCUT2D eigenvalue weighted by Crippen LogP contribution is -2.20. The van der Waals surface area contributed by atoms with Crippen LogP contribution in [0.15, 0.2) is 65.3 Å². The van der Waals surface area contributed by atoms with E-state index >= 15 is 0 Å². The Morgan fingerprint density at radius 1 is 1.00 bits per heavy atom. The second-order valence-electron chi connectivity index (χ2n) is 8.69. The van der Waals surface area contributed by atoms with Gasteiger partial charge in [0.25, 0.3) is 0 Å². The van der Waals surface area contributed by atoms with Crippen molar-refractivity contribution in [2.45, 2.75) is 71.8 Å². The molecule has 0 aliphatic rings. The third kappa shape index (κ3) is 11.3. The number of aliphatic hydroxyl groups is 1. The molecule has 0 aromatic heterocycles. The van der Waals surface area contributed by atoms with E-state index in [0.29, 0.717) is 24.8 Å². The van der Waals surface area contributed by atoms with Crippen LogP contribution in [0, 0.1) is 0 Å². The topological polar surface area (TPSA) is 115 Å². The van der Waals surface area contributed by atoms with Gasteiger partial charge in [-0.3, -0.25) is 0 Å². The maximum Gasteiger partial charge on any atom is 0.335 e. The Balaban J connectivity index is 2.50. The summed E-state index contributed by atoms with van der Waals surface area (Å²) in [7, 11) is 0. The van der Waals surface area contributed by atoms with Crippen molar-refractivity contribution in [2.75, 3.05) is 0 Å². The molecule has 0 saturated carbocycles. The van der Waals surface area contributed by atoms with Crippen molar-refractivity contribution in [3.05, 3.63) is 76.4 Å². The van der Waals surface area contributed by atoms with E-state index in [1.54, 1.807) is 26.0 Å². The lowest BCUT2D eigenvalue weighted by molar-refractivity contribution is -0.132. The minimum absolute atomic E-state index is 0.0931. The van der Waals surface area contributed by atoms with Gasteiger partial charge in [0.05, 0.1) is 11.2 Å². The van der Waals surface area contributed by atoms with Gasteiger partial charge in [0.2, 0.25) is 0 Å². The zero-order valence-corrected chi connectivity index (χ0v) is 20.0. The standard InChI is InChI=1S/C27H36O6/c1-19(10-6-16-27(4,33)17-7-11-21(3)25(29)30)8-5-9-20(2)12-13-22-18-23(26(31)32)14-15-24(22)28/h6,8,11-12,14-16,18,28,33H,5,7,9-10,13,17H2,1-4H3,(H,29,30)(H,31,32)/b16-6+,19-8+,20-12+,21-11+. The number of hydrogen-bond donors (Lipinski definition) is 4. The van der Waals surface area contributed by atoms with Crippen molar-refractivity contribution in [2.24, 2.45) is 0 Å². The molecule has 1 aromatic carbocycles. The summed E-state index contributed by atoms with van der Waals surface area (Å²) in [6, 6.07) is 4.29. The number of aromatic carboxylic acids is 1. The number of aromatic hydroxyl groups is 1. The zero-order valence-electron chi connectivity index (χ0n) is 20.0. The molecule has 6 heteroatoms. The Labute approximate surface area is 196 Å². The summed E-state index contributed by atoms with van der Waals surface area (Å²) in [6.07, 6.45) is 13.3. The summed E-state index contributed by atoms with van der Waals surface area (Å²) in [4.78, 5) is 21.9. The van der Waals surface area contributed by atoms with E-state index in [0.717, 1.165) is 24.8 Å². The highest BCUT2D eigenvalue weighted by molar-refractivity contribution is 5.88. The van der Waals surface area contributed by atoms with E-state index in [2.05, 4.69) is 6.08 Å². The fourth-order valence-corrected chi connectivity index (χ4v) is 3.15. The number of carboxylic acids is 2. The molecule has 1 aromatic rings. The largest absolute Gasteiger partial charge is 0.508 e. The summed E-state index contributed by atoms with van der Waals surface area (Å²) in [5.41, 5.74) is 2.38. The third-order valence-corrected chi connectivity index (χ3v) is 5.38. The molecule has 180 valence electrons. The Hall–Kier alpha value is -3.12. The van der Waals surface area contributed by atoms with Crippen LogP contribution < -0.4 is 0 Å². The number of phenolic OH excluding ortho intramolecular Hbond substituents is 1. The van der Waals surface area contributed by atoms with Crippen LogP contribution in [0.25, 0.3) is 0 Å². The lowest BCUT2D eigenvalue weighted by atomic mass is 9.97. The Kier molecular flexibility index (Phi) is 11.4. The molecule has 0 aliphatic carbocycles. The molecule has 0 radical (unpaired) electrons. The summed E-state index contributed by atoms with van der Waals surface area (Å²) in [5, 5.41) is 38.3. The number of carbonyl (C=O) groups is 2.